The fraction of sp³-hybridized carbons (Fsp3) is 0.500. The summed E-state index contributed by atoms with van der Waals surface area (Å²) in [6.07, 6.45) is -1.85. The third-order valence-corrected chi connectivity index (χ3v) is 5.09. The highest BCUT2D eigenvalue weighted by Crippen LogP contribution is 2.34. The molecule has 3 unspecified atom stereocenters. The summed E-state index contributed by atoms with van der Waals surface area (Å²) in [5.41, 5.74) is -1.12. The molecule has 0 spiro atoms. The van der Waals surface area contributed by atoms with Gasteiger partial charge in [0.15, 0.2) is 6.04 Å². The minimum Gasteiger partial charge on any atom is -0.467 e. The van der Waals surface area contributed by atoms with Gasteiger partial charge in [0, 0.05) is 19.9 Å². The minimum atomic E-state index is -1.55. The molecule has 2 N–H and O–H groups in total. The van der Waals surface area contributed by atoms with Crippen molar-refractivity contribution in [2.75, 3.05) is 13.7 Å². The molecule has 1 aromatic rings. The van der Waals surface area contributed by atoms with Gasteiger partial charge < -0.3 is 19.9 Å². The van der Waals surface area contributed by atoms with E-state index in [1.54, 1.807) is 6.07 Å². The van der Waals surface area contributed by atoms with Crippen molar-refractivity contribution in [3.05, 3.63) is 35.6 Å². The first-order valence-corrected chi connectivity index (χ1v) is 9.41. The lowest BCUT2D eigenvalue weighted by atomic mass is 9.86. The van der Waals surface area contributed by atoms with Crippen molar-refractivity contribution in [3.63, 3.8) is 0 Å². The van der Waals surface area contributed by atoms with Gasteiger partial charge in [0.25, 0.3) is 0 Å². The van der Waals surface area contributed by atoms with Crippen molar-refractivity contribution in [1.82, 2.24) is 10.2 Å². The van der Waals surface area contributed by atoms with Crippen molar-refractivity contribution < 1.29 is 38.1 Å². The molecule has 0 saturated carbocycles. The molecule has 3 atom stereocenters. The second kappa shape index (κ2) is 9.55. The maximum atomic E-state index is 13.7. The van der Waals surface area contributed by atoms with Crippen molar-refractivity contribution in [3.8, 4) is 0 Å². The molecule has 1 fully saturated rings. The van der Waals surface area contributed by atoms with Crippen LogP contribution in [0.3, 0.4) is 0 Å². The molecule has 164 valence electrons. The quantitative estimate of drug-likeness (QED) is 0.636. The van der Waals surface area contributed by atoms with E-state index in [2.05, 4.69) is 5.32 Å². The smallest absolute Gasteiger partial charge is 0.408 e. The van der Waals surface area contributed by atoms with Crippen LogP contribution in [0.15, 0.2) is 24.3 Å². The Balaban J connectivity index is 2.39. The van der Waals surface area contributed by atoms with Gasteiger partial charge in [-0.2, -0.15) is 0 Å². The number of hydrogen-bond donors (Lipinski definition) is 2. The Morgan fingerprint density at radius 3 is 2.60 bits per heavy atom. The maximum Gasteiger partial charge on any atom is 0.408 e. The van der Waals surface area contributed by atoms with E-state index in [-0.39, 0.29) is 19.4 Å². The summed E-state index contributed by atoms with van der Waals surface area (Å²) in [4.78, 5) is 49.7. The monoisotopic (exact) mass is 424 g/mol. The number of ether oxygens (including phenoxy) is 2. The van der Waals surface area contributed by atoms with Gasteiger partial charge in [-0.15, -0.1) is 0 Å². The lowest BCUT2D eigenvalue weighted by Gasteiger charge is -2.37. The molecule has 2 amide bonds. The van der Waals surface area contributed by atoms with Gasteiger partial charge >= 0.3 is 18.0 Å². The highest BCUT2D eigenvalue weighted by Gasteiger charge is 2.51. The predicted octanol–water partition coefficient (Wildman–Crippen LogP) is 1.49. The van der Waals surface area contributed by atoms with Crippen LogP contribution < -0.4 is 5.32 Å². The number of hydrogen-bond acceptors (Lipinski definition) is 6. The topological polar surface area (TPSA) is 122 Å². The van der Waals surface area contributed by atoms with Gasteiger partial charge in [-0.25, -0.2) is 14.0 Å². The zero-order valence-electron chi connectivity index (χ0n) is 17.0. The second-order valence-corrected chi connectivity index (χ2v) is 7.16. The van der Waals surface area contributed by atoms with Crippen molar-refractivity contribution in [2.24, 2.45) is 0 Å². The van der Waals surface area contributed by atoms with Crippen molar-refractivity contribution in [1.29, 1.82) is 0 Å². The number of nitrogens with zero attached hydrogens (tertiary/aromatic N) is 1. The fourth-order valence-corrected chi connectivity index (χ4v) is 3.74. The van der Waals surface area contributed by atoms with E-state index in [9.17, 15) is 28.7 Å². The van der Waals surface area contributed by atoms with E-state index in [0.717, 1.165) is 18.9 Å². The summed E-state index contributed by atoms with van der Waals surface area (Å²) in [5.74, 6) is -2.77. The summed E-state index contributed by atoms with van der Waals surface area (Å²) in [5, 5.41) is 12.1. The minimum absolute atomic E-state index is 0.0846. The van der Waals surface area contributed by atoms with Crippen molar-refractivity contribution in [2.45, 2.75) is 50.8 Å². The number of methoxy groups -OCH3 is 1. The average molecular weight is 424 g/mol. The SMILES string of the molecule is COC(=O)C(NC(=O)C1(Cc2cccc(F)c2)CCCN1C(=O)O)C(C)OC(C)=O. The van der Waals surface area contributed by atoms with E-state index in [1.807, 2.05) is 0 Å². The fourth-order valence-electron chi connectivity index (χ4n) is 3.74. The van der Waals surface area contributed by atoms with Gasteiger partial charge in [0.2, 0.25) is 5.91 Å². The number of likely N-dealkylation sites (tertiary alicyclic amines) is 1. The van der Waals surface area contributed by atoms with E-state index in [1.165, 1.54) is 25.1 Å². The predicted molar refractivity (Wildman–Crippen MR) is 102 cm³/mol. The molecule has 9 nitrogen and oxygen atoms in total. The normalized spacial score (nSPS) is 20.2. The van der Waals surface area contributed by atoms with Gasteiger partial charge in [-0.05, 0) is 37.5 Å². The van der Waals surface area contributed by atoms with Crippen LogP contribution >= 0.6 is 0 Å². The lowest BCUT2D eigenvalue weighted by Crippen LogP contribution is -2.62. The zero-order chi connectivity index (χ0) is 22.5. The molecule has 1 saturated heterocycles. The molecule has 30 heavy (non-hydrogen) atoms. The number of rotatable bonds is 7. The molecule has 0 aromatic heterocycles. The van der Waals surface area contributed by atoms with Gasteiger partial charge in [-0.3, -0.25) is 14.5 Å². The van der Waals surface area contributed by atoms with Crippen molar-refractivity contribution >= 4 is 23.9 Å². The number of amides is 2. The lowest BCUT2D eigenvalue weighted by molar-refractivity contribution is -0.157. The summed E-state index contributed by atoms with van der Waals surface area (Å²) in [7, 11) is 1.11. The zero-order valence-corrected chi connectivity index (χ0v) is 17.0. The van der Waals surface area contributed by atoms with Crippen LogP contribution in [0.25, 0.3) is 0 Å². The first-order chi connectivity index (χ1) is 14.1. The van der Waals surface area contributed by atoms with Gasteiger partial charge in [-0.1, -0.05) is 12.1 Å². The number of esters is 2. The van der Waals surface area contributed by atoms with Crippen LogP contribution in [0.5, 0.6) is 0 Å². The Hall–Kier alpha value is -3.17. The summed E-state index contributed by atoms with van der Waals surface area (Å²) < 4.78 is 23.4. The number of carbonyl (C=O) groups is 4. The number of benzene rings is 1. The standard InChI is InChI=1S/C20H25FN2O7/c1-12(30-13(2)24)16(17(25)29-3)22-18(26)20(8-5-9-23(20)19(27)28)11-14-6-4-7-15(21)10-14/h4,6-7,10,12,16H,5,8-9,11H2,1-3H3,(H,22,26)(H,27,28). The van der Waals surface area contributed by atoms with Crippen LogP contribution in [-0.2, 0) is 30.3 Å². The van der Waals surface area contributed by atoms with Gasteiger partial charge in [0.05, 0.1) is 7.11 Å². The average Bonchev–Trinajstić information content (AvgIpc) is 3.09. The summed E-state index contributed by atoms with van der Waals surface area (Å²) >= 11 is 0. The molecule has 1 aliphatic heterocycles. The molecular weight excluding hydrogens is 399 g/mol. The Labute approximate surface area is 173 Å². The Kier molecular flexibility index (Phi) is 7.36. The van der Waals surface area contributed by atoms with E-state index < -0.39 is 47.4 Å². The first-order valence-electron chi connectivity index (χ1n) is 9.41. The molecule has 2 rings (SSSR count). The molecule has 1 aromatic carbocycles. The molecule has 1 aliphatic rings. The molecule has 10 heteroatoms. The number of carboxylic acid groups (broad SMARTS) is 1. The number of carbonyl (C=O) groups excluding carboxylic acids is 3. The Morgan fingerprint density at radius 2 is 2.03 bits per heavy atom. The first kappa shape index (κ1) is 23.1. The third-order valence-electron chi connectivity index (χ3n) is 5.09. The largest absolute Gasteiger partial charge is 0.467 e. The van der Waals surface area contributed by atoms with Crippen LogP contribution in [0.1, 0.15) is 32.3 Å². The molecule has 0 radical (unpaired) electrons. The highest BCUT2D eigenvalue weighted by molar-refractivity contribution is 5.94. The van der Waals surface area contributed by atoms with E-state index in [0.29, 0.717) is 12.0 Å². The Bertz CT molecular complexity index is 831. The second-order valence-electron chi connectivity index (χ2n) is 7.16. The summed E-state index contributed by atoms with van der Waals surface area (Å²) in [6.45, 7) is 2.67. The maximum absolute atomic E-state index is 13.7. The third kappa shape index (κ3) is 5.05. The van der Waals surface area contributed by atoms with E-state index >= 15 is 0 Å². The highest BCUT2D eigenvalue weighted by atomic mass is 19.1. The molecule has 0 aliphatic carbocycles. The molecule has 1 heterocycles. The van der Waals surface area contributed by atoms with E-state index in [4.69, 9.17) is 9.47 Å². The molecule has 0 bridgehead atoms. The van der Waals surface area contributed by atoms with Crippen LogP contribution in [0.4, 0.5) is 9.18 Å². The van der Waals surface area contributed by atoms with Crippen LogP contribution in [-0.4, -0.2) is 65.3 Å². The summed E-state index contributed by atoms with van der Waals surface area (Å²) in [6, 6.07) is 4.19. The van der Waals surface area contributed by atoms with Gasteiger partial charge in [0.1, 0.15) is 17.5 Å². The van der Waals surface area contributed by atoms with Crippen LogP contribution in [0, 0.1) is 5.82 Å². The number of halogens is 1. The van der Waals surface area contributed by atoms with Crippen LogP contribution in [0.2, 0.25) is 0 Å². The molecular formula is C20H25FN2O7. The number of nitrogens with one attached hydrogen (secondary N) is 1. The Morgan fingerprint density at radius 1 is 1.33 bits per heavy atom.